The molecule has 0 N–H and O–H groups in total. The van der Waals surface area contributed by atoms with Gasteiger partial charge in [-0.15, -0.1) is 0 Å². The van der Waals surface area contributed by atoms with Gasteiger partial charge in [-0.1, -0.05) is 48.5 Å². The van der Waals surface area contributed by atoms with Crippen LogP contribution in [0.4, 0.5) is 5.69 Å². The third-order valence-corrected chi connectivity index (χ3v) is 4.31. The van der Waals surface area contributed by atoms with Crippen LogP contribution in [0.5, 0.6) is 0 Å². The number of hydrogen-bond acceptors (Lipinski definition) is 3. The molecule has 0 aliphatic rings. The monoisotopic (exact) mass is 345 g/mol. The first-order chi connectivity index (χ1) is 12.6. The number of fused-ring (bicyclic) bond motifs is 1. The highest BCUT2D eigenvalue weighted by Gasteiger charge is 2.18. The maximum Gasteiger partial charge on any atom is 0.279 e. The topological polar surface area (TPSA) is 70.1 Å². The molecule has 3 aromatic carbocycles. The van der Waals surface area contributed by atoms with Crippen LogP contribution in [0.1, 0.15) is 5.56 Å². The molecule has 0 saturated heterocycles. The van der Waals surface area contributed by atoms with E-state index >= 15 is 0 Å². The molecule has 0 unspecified atom stereocenters. The summed E-state index contributed by atoms with van der Waals surface area (Å²) in [6, 6.07) is 23.5. The summed E-state index contributed by atoms with van der Waals surface area (Å²) < 4.78 is 3.42. The molecule has 1 aromatic heterocycles. The van der Waals surface area contributed by atoms with Crippen LogP contribution < -0.4 is 5.56 Å². The second-order valence-corrected chi connectivity index (χ2v) is 5.95. The van der Waals surface area contributed by atoms with Gasteiger partial charge in [0.25, 0.3) is 11.2 Å². The Balaban J connectivity index is 2.00. The number of para-hydroxylation sites is 1. The molecule has 0 spiro atoms. The number of hydrogen-bond donors (Lipinski definition) is 0. The van der Waals surface area contributed by atoms with Crippen LogP contribution >= 0.6 is 0 Å². The summed E-state index contributed by atoms with van der Waals surface area (Å²) in [5.74, 6) is 0. The maximum atomic E-state index is 13.0. The molecule has 0 atom stereocenters. The molecule has 4 rings (SSSR count). The van der Waals surface area contributed by atoms with Crippen LogP contribution in [0.25, 0.3) is 16.6 Å². The first kappa shape index (κ1) is 15.8. The molecular weight excluding hydrogens is 330 g/mol. The molecule has 1 heterocycles. The quantitative estimate of drug-likeness (QED) is 0.418. The van der Waals surface area contributed by atoms with E-state index in [1.807, 2.05) is 65.3 Å². The molecule has 0 amide bonds. The molecule has 0 bridgehead atoms. The maximum absolute atomic E-state index is 13.0. The van der Waals surface area contributed by atoms with E-state index in [4.69, 9.17) is 0 Å². The van der Waals surface area contributed by atoms with Crippen molar-refractivity contribution in [2.45, 2.75) is 6.54 Å². The molecule has 6 heteroatoms. The summed E-state index contributed by atoms with van der Waals surface area (Å²) in [6.07, 6.45) is 0. The zero-order valence-electron chi connectivity index (χ0n) is 13.8. The van der Waals surface area contributed by atoms with Crippen molar-refractivity contribution >= 4 is 16.6 Å². The van der Waals surface area contributed by atoms with E-state index in [0.717, 1.165) is 5.56 Å². The molecular formula is C20H15N3O3. The average Bonchev–Trinajstić information content (AvgIpc) is 2.95. The summed E-state index contributed by atoms with van der Waals surface area (Å²) >= 11 is 0. The summed E-state index contributed by atoms with van der Waals surface area (Å²) in [5, 5.41) is 11.4. The van der Waals surface area contributed by atoms with Gasteiger partial charge in [0, 0.05) is 12.1 Å². The molecule has 26 heavy (non-hydrogen) atoms. The highest BCUT2D eigenvalue weighted by atomic mass is 16.6. The van der Waals surface area contributed by atoms with Crippen LogP contribution in [-0.4, -0.2) is 14.3 Å². The Labute approximate surface area is 148 Å². The zero-order valence-corrected chi connectivity index (χ0v) is 13.8. The molecule has 128 valence electrons. The molecule has 0 saturated carbocycles. The Kier molecular flexibility index (Phi) is 3.85. The molecule has 4 aromatic rings. The van der Waals surface area contributed by atoms with Gasteiger partial charge in [0.1, 0.15) is 0 Å². The minimum absolute atomic E-state index is 0.0910. The normalized spacial score (nSPS) is 10.9. The lowest BCUT2D eigenvalue weighted by Gasteiger charge is -2.13. The minimum atomic E-state index is -0.486. The zero-order chi connectivity index (χ0) is 18.1. The number of aromatic nitrogens is 2. The highest BCUT2D eigenvalue weighted by Crippen LogP contribution is 2.22. The lowest BCUT2D eigenvalue weighted by molar-refractivity contribution is -0.384. The van der Waals surface area contributed by atoms with Gasteiger partial charge < -0.3 is 0 Å². The van der Waals surface area contributed by atoms with Crippen LogP contribution in [0.15, 0.2) is 83.7 Å². The predicted octanol–water partition coefficient (Wildman–Crippen LogP) is 3.75. The predicted molar refractivity (Wildman–Crippen MR) is 99.7 cm³/mol. The van der Waals surface area contributed by atoms with Gasteiger partial charge in [-0.3, -0.25) is 19.6 Å². The van der Waals surface area contributed by atoms with Crippen molar-refractivity contribution in [2.75, 3.05) is 0 Å². The SMILES string of the molecule is O=c1c2cc([N+](=O)[O-])ccc2n(Cc2ccccc2)n1-c1ccccc1. The summed E-state index contributed by atoms with van der Waals surface area (Å²) in [5.41, 5.74) is 2.05. The second kappa shape index (κ2) is 6.33. The van der Waals surface area contributed by atoms with Crippen molar-refractivity contribution in [3.05, 3.63) is 105 Å². The van der Waals surface area contributed by atoms with Crippen molar-refractivity contribution in [2.24, 2.45) is 0 Å². The fourth-order valence-corrected chi connectivity index (χ4v) is 3.10. The molecule has 6 nitrogen and oxygen atoms in total. The lowest BCUT2D eigenvalue weighted by Crippen LogP contribution is -2.21. The van der Waals surface area contributed by atoms with Crippen LogP contribution in [0.3, 0.4) is 0 Å². The Morgan fingerprint density at radius 3 is 2.19 bits per heavy atom. The van der Waals surface area contributed by atoms with Crippen molar-refractivity contribution in [1.29, 1.82) is 0 Å². The minimum Gasteiger partial charge on any atom is -0.273 e. The Morgan fingerprint density at radius 2 is 1.54 bits per heavy atom. The average molecular weight is 345 g/mol. The lowest BCUT2D eigenvalue weighted by atomic mass is 10.2. The van der Waals surface area contributed by atoms with Crippen LogP contribution in [0, 0.1) is 10.1 Å². The standard InChI is InChI=1S/C20H15N3O3/c24-20-18-13-17(23(25)26)11-12-19(18)21(14-15-7-3-1-4-8-15)22(20)16-9-5-2-6-10-16/h1-13H,14H2. The van der Waals surface area contributed by atoms with Crippen LogP contribution in [0.2, 0.25) is 0 Å². The Bertz CT molecular complexity index is 1150. The van der Waals surface area contributed by atoms with Crippen LogP contribution in [-0.2, 0) is 6.54 Å². The van der Waals surface area contributed by atoms with Crippen molar-refractivity contribution in [3.8, 4) is 5.69 Å². The van der Waals surface area contributed by atoms with Crippen molar-refractivity contribution in [3.63, 3.8) is 0 Å². The van der Waals surface area contributed by atoms with E-state index in [0.29, 0.717) is 23.1 Å². The van der Waals surface area contributed by atoms with E-state index < -0.39 is 4.92 Å². The van der Waals surface area contributed by atoms with E-state index in [1.54, 1.807) is 10.7 Å². The first-order valence-electron chi connectivity index (χ1n) is 8.14. The Hall–Kier alpha value is -3.67. The van der Waals surface area contributed by atoms with E-state index in [1.165, 1.54) is 12.1 Å². The molecule has 0 fully saturated rings. The molecule has 0 aliphatic heterocycles. The van der Waals surface area contributed by atoms with Gasteiger partial charge in [-0.2, -0.15) is 0 Å². The first-order valence-corrected chi connectivity index (χ1v) is 8.14. The van der Waals surface area contributed by atoms with Crippen molar-refractivity contribution in [1.82, 2.24) is 9.36 Å². The van der Waals surface area contributed by atoms with Gasteiger partial charge in [-0.25, -0.2) is 4.68 Å². The van der Waals surface area contributed by atoms with E-state index in [9.17, 15) is 14.9 Å². The van der Waals surface area contributed by atoms with E-state index in [-0.39, 0.29) is 11.2 Å². The van der Waals surface area contributed by atoms with Gasteiger partial charge in [0.15, 0.2) is 0 Å². The fourth-order valence-electron chi connectivity index (χ4n) is 3.10. The van der Waals surface area contributed by atoms with Gasteiger partial charge in [0.2, 0.25) is 0 Å². The number of nitro groups is 1. The van der Waals surface area contributed by atoms with Gasteiger partial charge >= 0.3 is 0 Å². The molecule has 0 radical (unpaired) electrons. The third-order valence-electron chi connectivity index (χ3n) is 4.31. The number of nitro benzene ring substituents is 1. The fraction of sp³-hybridized carbons (Fsp3) is 0.0500. The number of nitrogens with zero attached hydrogens (tertiary/aromatic N) is 3. The smallest absolute Gasteiger partial charge is 0.273 e. The summed E-state index contributed by atoms with van der Waals surface area (Å²) in [4.78, 5) is 23.6. The number of benzene rings is 3. The molecule has 0 aliphatic carbocycles. The van der Waals surface area contributed by atoms with Gasteiger partial charge in [-0.05, 0) is 23.8 Å². The summed E-state index contributed by atoms with van der Waals surface area (Å²) in [6.45, 7) is 0.478. The number of non-ortho nitro benzene ring substituents is 1. The second-order valence-electron chi connectivity index (χ2n) is 5.95. The Morgan fingerprint density at radius 1 is 0.885 bits per heavy atom. The summed E-state index contributed by atoms with van der Waals surface area (Å²) in [7, 11) is 0. The van der Waals surface area contributed by atoms with E-state index in [2.05, 4.69) is 0 Å². The van der Waals surface area contributed by atoms with Gasteiger partial charge in [0.05, 0.1) is 28.1 Å². The highest BCUT2D eigenvalue weighted by molar-refractivity contribution is 5.82. The van der Waals surface area contributed by atoms with Crippen molar-refractivity contribution < 1.29 is 4.92 Å². The number of rotatable bonds is 4. The largest absolute Gasteiger partial charge is 0.279 e. The third kappa shape index (κ3) is 2.67.